The zero-order valence-electron chi connectivity index (χ0n) is 10.6. The van der Waals surface area contributed by atoms with Crippen molar-refractivity contribution in [2.24, 2.45) is 11.7 Å². The fourth-order valence-corrected chi connectivity index (χ4v) is 2.74. The Kier molecular flexibility index (Phi) is 3.95. The van der Waals surface area contributed by atoms with Gasteiger partial charge in [0.05, 0.1) is 10.7 Å². The van der Waals surface area contributed by atoms with Crippen LogP contribution < -0.4 is 10.6 Å². The molecule has 2 rings (SSSR count). The van der Waals surface area contributed by atoms with Crippen molar-refractivity contribution in [1.82, 2.24) is 0 Å². The summed E-state index contributed by atoms with van der Waals surface area (Å²) in [6.45, 7) is 2.95. The highest BCUT2D eigenvalue weighted by Crippen LogP contribution is 2.39. The van der Waals surface area contributed by atoms with Crippen molar-refractivity contribution in [2.75, 3.05) is 18.5 Å². The summed E-state index contributed by atoms with van der Waals surface area (Å²) in [6, 6.07) is 6.66. The van der Waals surface area contributed by atoms with Gasteiger partial charge in [-0.05, 0) is 50.3 Å². The van der Waals surface area contributed by atoms with E-state index in [1.165, 1.54) is 24.1 Å². The lowest BCUT2D eigenvalue weighted by Crippen LogP contribution is -2.31. The van der Waals surface area contributed by atoms with Gasteiger partial charge in [-0.25, -0.2) is 0 Å². The molecule has 1 atom stereocenters. The van der Waals surface area contributed by atoms with Crippen molar-refractivity contribution < 1.29 is 0 Å². The SMILES string of the molecule is CC(C1CC1)N(C)c1c(Cl)cccc1CCN. The molecule has 3 heteroatoms. The molecule has 0 aliphatic heterocycles. The van der Waals surface area contributed by atoms with E-state index >= 15 is 0 Å². The molecule has 1 aromatic carbocycles. The lowest BCUT2D eigenvalue weighted by atomic mass is 10.1. The zero-order valence-corrected chi connectivity index (χ0v) is 11.4. The van der Waals surface area contributed by atoms with Crippen molar-refractivity contribution in [1.29, 1.82) is 0 Å². The van der Waals surface area contributed by atoms with E-state index in [0.717, 1.165) is 17.4 Å². The summed E-state index contributed by atoms with van der Waals surface area (Å²) >= 11 is 6.35. The van der Waals surface area contributed by atoms with Crippen molar-refractivity contribution >= 4 is 17.3 Å². The first-order valence-corrected chi connectivity index (χ1v) is 6.73. The van der Waals surface area contributed by atoms with Gasteiger partial charge < -0.3 is 10.6 Å². The van der Waals surface area contributed by atoms with Crippen LogP contribution in [0, 0.1) is 5.92 Å². The minimum atomic E-state index is 0.562. The number of anilines is 1. The molecule has 2 N–H and O–H groups in total. The first-order valence-electron chi connectivity index (χ1n) is 6.35. The summed E-state index contributed by atoms with van der Waals surface area (Å²) in [6.07, 6.45) is 3.59. The van der Waals surface area contributed by atoms with E-state index in [2.05, 4.69) is 24.9 Å². The average Bonchev–Trinajstić information content (AvgIpc) is 3.12. The number of hydrogen-bond acceptors (Lipinski definition) is 2. The molecule has 0 radical (unpaired) electrons. The van der Waals surface area contributed by atoms with Gasteiger partial charge in [0.2, 0.25) is 0 Å². The Morgan fingerprint density at radius 1 is 1.47 bits per heavy atom. The van der Waals surface area contributed by atoms with E-state index in [0.29, 0.717) is 12.6 Å². The van der Waals surface area contributed by atoms with Crippen molar-refractivity contribution in [2.45, 2.75) is 32.2 Å². The highest BCUT2D eigenvalue weighted by molar-refractivity contribution is 6.33. The second-order valence-electron chi connectivity index (χ2n) is 4.98. The molecule has 1 aromatic rings. The molecule has 0 aromatic heterocycles. The second-order valence-corrected chi connectivity index (χ2v) is 5.38. The number of halogens is 1. The molecule has 94 valence electrons. The molecule has 0 bridgehead atoms. The van der Waals surface area contributed by atoms with E-state index in [9.17, 15) is 0 Å². The van der Waals surface area contributed by atoms with Crippen molar-refractivity contribution in [3.8, 4) is 0 Å². The summed E-state index contributed by atoms with van der Waals surface area (Å²) < 4.78 is 0. The Labute approximate surface area is 109 Å². The molecule has 1 aliphatic rings. The van der Waals surface area contributed by atoms with Crippen molar-refractivity contribution in [3.05, 3.63) is 28.8 Å². The van der Waals surface area contributed by atoms with Gasteiger partial charge in [0.25, 0.3) is 0 Å². The standard InChI is InChI=1S/C14H21ClN2/c1-10(11-6-7-11)17(2)14-12(8-9-16)4-3-5-13(14)15/h3-5,10-11H,6-9,16H2,1-2H3. The fraction of sp³-hybridized carbons (Fsp3) is 0.571. The molecule has 0 saturated heterocycles. The Morgan fingerprint density at radius 2 is 2.18 bits per heavy atom. The highest BCUT2D eigenvalue weighted by atomic mass is 35.5. The molecule has 0 heterocycles. The van der Waals surface area contributed by atoms with Crippen LogP contribution in [0.5, 0.6) is 0 Å². The van der Waals surface area contributed by atoms with Crippen LogP contribution in [0.3, 0.4) is 0 Å². The van der Waals surface area contributed by atoms with E-state index in [1.807, 2.05) is 12.1 Å². The lowest BCUT2D eigenvalue weighted by molar-refractivity contribution is 0.607. The van der Waals surface area contributed by atoms with Crippen molar-refractivity contribution in [3.63, 3.8) is 0 Å². The van der Waals surface area contributed by atoms with Gasteiger partial charge in [-0.1, -0.05) is 23.7 Å². The van der Waals surface area contributed by atoms with Crippen LogP contribution in [0.25, 0.3) is 0 Å². The van der Waals surface area contributed by atoms with Crippen LogP contribution in [0.4, 0.5) is 5.69 Å². The second kappa shape index (κ2) is 5.28. The number of benzene rings is 1. The normalized spacial score (nSPS) is 16.9. The molecule has 0 spiro atoms. The molecule has 1 fully saturated rings. The third kappa shape index (κ3) is 2.75. The third-order valence-electron chi connectivity index (χ3n) is 3.75. The molecule has 1 aliphatic carbocycles. The van der Waals surface area contributed by atoms with E-state index < -0.39 is 0 Å². The lowest BCUT2D eigenvalue weighted by Gasteiger charge is -2.30. The molecule has 0 amide bonds. The summed E-state index contributed by atoms with van der Waals surface area (Å²) in [7, 11) is 2.14. The summed E-state index contributed by atoms with van der Waals surface area (Å²) in [5.41, 5.74) is 8.09. The number of nitrogens with zero attached hydrogens (tertiary/aromatic N) is 1. The number of nitrogens with two attached hydrogens (primary N) is 1. The monoisotopic (exact) mass is 252 g/mol. The molecule has 1 unspecified atom stereocenters. The summed E-state index contributed by atoms with van der Waals surface area (Å²) in [4.78, 5) is 2.32. The van der Waals surface area contributed by atoms with Crippen LogP contribution in [-0.2, 0) is 6.42 Å². The minimum Gasteiger partial charge on any atom is -0.370 e. The van der Waals surface area contributed by atoms with Gasteiger partial charge in [-0.3, -0.25) is 0 Å². The molecule has 2 nitrogen and oxygen atoms in total. The Hall–Kier alpha value is -0.730. The van der Waals surface area contributed by atoms with Crippen LogP contribution >= 0.6 is 11.6 Å². The number of rotatable bonds is 5. The zero-order chi connectivity index (χ0) is 12.4. The number of hydrogen-bond donors (Lipinski definition) is 1. The Bertz CT molecular complexity index is 388. The first kappa shape index (κ1) is 12.7. The third-order valence-corrected chi connectivity index (χ3v) is 4.06. The molecular weight excluding hydrogens is 232 g/mol. The fourth-order valence-electron chi connectivity index (χ4n) is 2.41. The molecular formula is C14H21ClN2. The van der Waals surface area contributed by atoms with E-state index in [-0.39, 0.29) is 0 Å². The molecule has 17 heavy (non-hydrogen) atoms. The smallest absolute Gasteiger partial charge is 0.0642 e. The van der Waals surface area contributed by atoms with Gasteiger partial charge in [0.15, 0.2) is 0 Å². The van der Waals surface area contributed by atoms with Crippen LogP contribution in [0.15, 0.2) is 18.2 Å². The van der Waals surface area contributed by atoms with Gasteiger partial charge in [-0.15, -0.1) is 0 Å². The van der Waals surface area contributed by atoms with E-state index in [1.54, 1.807) is 0 Å². The van der Waals surface area contributed by atoms with Gasteiger partial charge >= 0.3 is 0 Å². The predicted octanol–water partition coefficient (Wildman–Crippen LogP) is 3.08. The minimum absolute atomic E-state index is 0.562. The van der Waals surface area contributed by atoms with Crippen LogP contribution in [0.2, 0.25) is 5.02 Å². The maximum absolute atomic E-state index is 6.35. The predicted molar refractivity (Wildman–Crippen MR) is 74.8 cm³/mol. The quantitative estimate of drug-likeness (QED) is 0.873. The number of para-hydroxylation sites is 1. The Morgan fingerprint density at radius 3 is 2.76 bits per heavy atom. The molecule has 1 saturated carbocycles. The van der Waals surface area contributed by atoms with Crippen LogP contribution in [0.1, 0.15) is 25.3 Å². The summed E-state index contributed by atoms with van der Waals surface area (Å²) in [5.74, 6) is 0.835. The van der Waals surface area contributed by atoms with Crippen LogP contribution in [-0.4, -0.2) is 19.6 Å². The van der Waals surface area contributed by atoms with E-state index in [4.69, 9.17) is 17.3 Å². The summed E-state index contributed by atoms with van der Waals surface area (Å²) in [5, 5.41) is 0.839. The van der Waals surface area contributed by atoms with Gasteiger partial charge in [0, 0.05) is 13.1 Å². The largest absolute Gasteiger partial charge is 0.370 e. The first-order chi connectivity index (χ1) is 8.15. The maximum atomic E-state index is 6.35. The Balaban J connectivity index is 2.27. The van der Waals surface area contributed by atoms with Gasteiger partial charge in [-0.2, -0.15) is 0 Å². The highest BCUT2D eigenvalue weighted by Gasteiger charge is 2.31. The van der Waals surface area contributed by atoms with Gasteiger partial charge in [0.1, 0.15) is 0 Å². The average molecular weight is 253 g/mol. The topological polar surface area (TPSA) is 29.3 Å². The maximum Gasteiger partial charge on any atom is 0.0642 e.